The molecule has 4 heteroatoms. The summed E-state index contributed by atoms with van der Waals surface area (Å²) in [6.07, 6.45) is 4.48. The van der Waals surface area contributed by atoms with E-state index in [1.807, 2.05) is 37.5 Å². The fourth-order valence-corrected chi connectivity index (χ4v) is 2.24. The molecule has 0 aliphatic rings. The number of aryl methyl sites for hydroxylation is 1. The molecule has 0 bridgehead atoms. The van der Waals surface area contributed by atoms with Gasteiger partial charge in [0.2, 0.25) is 0 Å². The van der Waals surface area contributed by atoms with Gasteiger partial charge in [-0.2, -0.15) is 5.10 Å². The molecule has 0 radical (unpaired) electrons. The molecule has 0 aliphatic carbocycles. The van der Waals surface area contributed by atoms with Crippen LogP contribution in [0.2, 0.25) is 0 Å². The molecule has 1 unspecified atom stereocenters. The van der Waals surface area contributed by atoms with Crippen LogP contribution in [-0.2, 0) is 13.5 Å². The van der Waals surface area contributed by atoms with Crippen molar-refractivity contribution in [2.75, 3.05) is 0 Å². The van der Waals surface area contributed by atoms with E-state index in [2.05, 4.69) is 22.2 Å². The van der Waals surface area contributed by atoms with Crippen molar-refractivity contribution in [3.05, 3.63) is 60.0 Å². The van der Waals surface area contributed by atoms with E-state index in [1.165, 1.54) is 0 Å². The van der Waals surface area contributed by atoms with E-state index in [1.54, 1.807) is 10.9 Å². The molecule has 19 heavy (non-hydrogen) atoms. The highest BCUT2D eigenvalue weighted by Crippen LogP contribution is 2.20. The lowest BCUT2D eigenvalue weighted by molar-refractivity contribution is 0.676. The normalized spacial score (nSPS) is 12.7. The van der Waals surface area contributed by atoms with E-state index >= 15 is 0 Å². The fourth-order valence-electron chi connectivity index (χ4n) is 2.24. The van der Waals surface area contributed by atoms with Gasteiger partial charge < -0.3 is 5.73 Å². The molecule has 4 nitrogen and oxygen atoms in total. The van der Waals surface area contributed by atoms with E-state index in [-0.39, 0.29) is 6.04 Å². The number of pyridine rings is 1. The quantitative estimate of drug-likeness (QED) is 0.777. The zero-order chi connectivity index (χ0) is 13.2. The van der Waals surface area contributed by atoms with Gasteiger partial charge in [-0.15, -0.1) is 0 Å². The van der Waals surface area contributed by atoms with Gasteiger partial charge in [-0.1, -0.05) is 12.1 Å². The Morgan fingerprint density at radius 2 is 2.16 bits per heavy atom. The van der Waals surface area contributed by atoms with Crippen LogP contribution in [0.3, 0.4) is 0 Å². The average molecular weight is 252 g/mol. The summed E-state index contributed by atoms with van der Waals surface area (Å²) in [5.41, 5.74) is 9.39. The van der Waals surface area contributed by atoms with Crippen LogP contribution in [0.25, 0.3) is 10.9 Å². The van der Waals surface area contributed by atoms with Gasteiger partial charge in [0.1, 0.15) is 0 Å². The third kappa shape index (κ3) is 2.48. The molecular weight excluding hydrogens is 236 g/mol. The van der Waals surface area contributed by atoms with Crippen molar-refractivity contribution in [3.63, 3.8) is 0 Å². The van der Waals surface area contributed by atoms with E-state index in [9.17, 15) is 0 Å². The summed E-state index contributed by atoms with van der Waals surface area (Å²) in [6, 6.07) is 12.1. The average Bonchev–Trinajstić information content (AvgIpc) is 2.83. The molecule has 0 aliphatic heterocycles. The Balaban J connectivity index is 1.86. The summed E-state index contributed by atoms with van der Waals surface area (Å²) >= 11 is 0. The highest BCUT2D eigenvalue weighted by molar-refractivity contribution is 5.79. The van der Waals surface area contributed by atoms with Gasteiger partial charge >= 0.3 is 0 Å². The Kier molecular flexibility index (Phi) is 3.01. The van der Waals surface area contributed by atoms with Crippen molar-refractivity contribution >= 4 is 10.9 Å². The van der Waals surface area contributed by atoms with Crippen molar-refractivity contribution in [3.8, 4) is 0 Å². The molecule has 0 amide bonds. The molecule has 2 heterocycles. The van der Waals surface area contributed by atoms with E-state index in [0.717, 1.165) is 28.6 Å². The highest BCUT2D eigenvalue weighted by Gasteiger charge is 2.09. The summed E-state index contributed by atoms with van der Waals surface area (Å²) in [5, 5.41) is 5.48. The summed E-state index contributed by atoms with van der Waals surface area (Å²) < 4.78 is 1.80. The van der Waals surface area contributed by atoms with Crippen LogP contribution < -0.4 is 5.73 Å². The second kappa shape index (κ2) is 4.82. The zero-order valence-electron chi connectivity index (χ0n) is 10.8. The fraction of sp³-hybridized carbons (Fsp3) is 0.200. The topological polar surface area (TPSA) is 56.7 Å². The minimum atomic E-state index is -0.0421. The molecule has 2 N–H and O–H groups in total. The number of benzene rings is 1. The monoisotopic (exact) mass is 252 g/mol. The Hall–Kier alpha value is -2.20. The Bertz CT molecular complexity index is 702. The van der Waals surface area contributed by atoms with Crippen LogP contribution in [0, 0.1) is 0 Å². The summed E-state index contributed by atoms with van der Waals surface area (Å²) in [7, 11) is 1.91. The van der Waals surface area contributed by atoms with E-state index < -0.39 is 0 Å². The van der Waals surface area contributed by atoms with Crippen molar-refractivity contribution < 1.29 is 0 Å². The van der Waals surface area contributed by atoms with Gasteiger partial charge in [0.15, 0.2) is 0 Å². The first-order valence-corrected chi connectivity index (χ1v) is 6.31. The van der Waals surface area contributed by atoms with E-state index in [4.69, 9.17) is 5.73 Å². The minimum Gasteiger partial charge on any atom is -0.324 e. The van der Waals surface area contributed by atoms with Crippen LogP contribution in [0.5, 0.6) is 0 Å². The molecule has 3 rings (SSSR count). The maximum absolute atomic E-state index is 6.26. The van der Waals surface area contributed by atoms with E-state index in [0.29, 0.717) is 0 Å². The molecular formula is C15H16N4. The summed E-state index contributed by atoms with van der Waals surface area (Å²) in [5.74, 6) is 0. The number of hydrogen-bond acceptors (Lipinski definition) is 3. The largest absolute Gasteiger partial charge is 0.324 e. The lowest BCUT2D eigenvalue weighted by atomic mass is 10.0. The zero-order valence-corrected chi connectivity index (χ0v) is 10.8. The molecule has 0 fully saturated rings. The van der Waals surface area contributed by atoms with Crippen molar-refractivity contribution in [2.24, 2.45) is 12.8 Å². The van der Waals surface area contributed by atoms with Crippen molar-refractivity contribution in [2.45, 2.75) is 12.5 Å². The second-order valence-electron chi connectivity index (χ2n) is 4.75. The highest BCUT2D eigenvalue weighted by atomic mass is 15.2. The molecule has 0 saturated carbocycles. The maximum atomic E-state index is 6.26. The van der Waals surface area contributed by atoms with Crippen LogP contribution in [0.15, 0.2) is 48.8 Å². The predicted octanol–water partition coefficient (Wildman–Crippen LogP) is 2.21. The number of fused-ring (bicyclic) bond motifs is 1. The van der Waals surface area contributed by atoms with Gasteiger partial charge in [-0.05, 0) is 29.8 Å². The Labute approximate surface area is 111 Å². The van der Waals surface area contributed by atoms with Gasteiger partial charge in [-0.25, -0.2) is 0 Å². The number of hydrogen-bond donors (Lipinski definition) is 1. The van der Waals surface area contributed by atoms with Crippen LogP contribution >= 0.6 is 0 Å². The molecule has 3 aromatic rings. The lowest BCUT2D eigenvalue weighted by Gasteiger charge is -2.11. The summed E-state index contributed by atoms with van der Waals surface area (Å²) in [4.78, 5) is 4.31. The minimum absolute atomic E-state index is 0.0421. The molecule has 0 saturated heterocycles. The standard InChI is InChI=1S/C15H16N4/c1-19-8-6-13(18-19)10-14(16)11-4-5-15-12(9-11)3-2-7-17-15/h2-9,14H,10,16H2,1H3. The maximum Gasteiger partial charge on any atom is 0.0702 e. The predicted molar refractivity (Wildman–Crippen MR) is 75.6 cm³/mol. The smallest absolute Gasteiger partial charge is 0.0702 e. The SMILES string of the molecule is Cn1ccc(CC(N)c2ccc3ncccc3c2)n1. The van der Waals surface area contributed by atoms with Gasteiger partial charge in [0, 0.05) is 37.3 Å². The van der Waals surface area contributed by atoms with Crippen molar-refractivity contribution in [1.29, 1.82) is 0 Å². The lowest BCUT2D eigenvalue weighted by Crippen LogP contribution is -2.13. The van der Waals surface area contributed by atoms with Crippen LogP contribution in [0.4, 0.5) is 0 Å². The van der Waals surface area contributed by atoms with Gasteiger partial charge in [0.25, 0.3) is 0 Å². The molecule has 1 aromatic carbocycles. The third-order valence-corrected chi connectivity index (χ3v) is 3.25. The molecule has 2 aromatic heterocycles. The van der Waals surface area contributed by atoms with Gasteiger partial charge in [0.05, 0.1) is 11.2 Å². The molecule has 0 spiro atoms. The molecule has 96 valence electrons. The number of nitrogens with zero attached hydrogens (tertiary/aromatic N) is 3. The Morgan fingerprint density at radius 1 is 1.26 bits per heavy atom. The summed E-state index contributed by atoms with van der Waals surface area (Å²) in [6.45, 7) is 0. The first-order valence-electron chi connectivity index (χ1n) is 6.31. The Morgan fingerprint density at radius 3 is 2.95 bits per heavy atom. The third-order valence-electron chi connectivity index (χ3n) is 3.25. The second-order valence-corrected chi connectivity index (χ2v) is 4.75. The number of rotatable bonds is 3. The molecule has 1 atom stereocenters. The van der Waals surface area contributed by atoms with Crippen LogP contribution in [0.1, 0.15) is 17.3 Å². The van der Waals surface area contributed by atoms with Crippen molar-refractivity contribution in [1.82, 2.24) is 14.8 Å². The van der Waals surface area contributed by atoms with Crippen LogP contribution in [-0.4, -0.2) is 14.8 Å². The first kappa shape index (κ1) is 11.9. The number of nitrogens with two attached hydrogens (primary N) is 1. The van der Waals surface area contributed by atoms with Gasteiger partial charge in [-0.3, -0.25) is 9.67 Å². The number of aromatic nitrogens is 3. The first-order chi connectivity index (χ1) is 9.22.